The van der Waals surface area contributed by atoms with Gasteiger partial charge >= 0.3 is 0 Å². The van der Waals surface area contributed by atoms with Gasteiger partial charge in [-0.2, -0.15) is 0 Å². The third-order valence-corrected chi connectivity index (χ3v) is 4.88. The quantitative estimate of drug-likeness (QED) is 0.204. The van der Waals surface area contributed by atoms with Gasteiger partial charge in [-0.1, -0.05) is 12.1 Å². The van der Waals surface area contributed by atoms with Gasteiger partial charge in [0, 0.05) is 45.0 Å². The molecule has 2 unspecified atom stereocenters. The predicted molar refractivity (Wildman–Crippen MR) is 136 cm³/mol. The Bertz CT molecular complexity index is 659. The lowest BCUT2D eigenvalue weighted by Crippen LogP contribution is -2.48. The Hall–Kier alpha value is -1.39. The molecule has 31 heavy (non-hydrogen) atoms. The molecule has 1 aliphatic rings. The van der Waals surface area contributed by atoms with Crippen LogP contribution in [0.5, 0.6) is 0 Å². The number of rotatable bonds is 10. The summed E-state index contributed by atoms with van der Waals surface area (Å²) in [5.74, 6) is 0.875. The van der Waals surface area contributed by atoms with Gasteiger partial charge in [0.05, 0.1) is 18.8 Å². The molecule has 0 spiro atoms. The van der Waals surface area contributed by atoms with Gasteiger partial charge in [-0.05, 0) is 58.2 Å². The maximum Gasteiger partial charge on any atom is 0.254 e. The van der Waals surface area contributed by atoms with Crippen LogP contribution in [0.1, 0.15) is 56.5 Å². The van der Waals surface area contributed by atoms with Crippen molar-refractivity contribution >= 4 is 35.8 Å². The summed E-state index contributed by atoms with van der Waals surface area (Å²) < 4.78 is 11.1. The molecule has 2 atom stereocenters. The first-order chi connectivity index (χ1) is 14.5. The number of ether oxygens (including phenoxy) is 2. The maximum atomic E-state index is 12.8. The standard InChI is InChI=1S/C23H38N4O3.HI/c1-5-24-23(25-13-7-8-14-29-6-2)26-15-20-9-11-21(12-10-20)22(28)27-16-18(3)30-19(4)17-27;/h9-12,18-19H,5-8,13-17H2,1-4H3,(H2,24,25,26);1H. The van der Waals surface area contributed by atoms with Crippen molar-refractivity contribution < 1.29 is 14.3 Å². The van der Waals surface area contributed by atoms with Crippen LogP contribution in [0.2, 0.25) is 0 Å². The molecule has 1 heterocycles. The van der Waals surface area contributed by atoms with Crippen LogP contribution >= 0.6 is 24.0 Å². The number of morpholine rings is 1. The number of halogens is 1. The highest BCUT2D eigenvalue weighted by Gasteiger charge is 2.26. The molecule has 176 valence electrons. The van der Waals surface area contributed by atoms with Crippen LogP contribution in [0.3, 0.4) is 0 Å². The summed E-state index contributed by atoms with van der Waals surface area (Å²) in [4.78, 5) is 19.3. The van der Waals surface area contributed by atoms with Crippen LogP contribution in [0.15, 0.2) is 29.3 Å². The summed E-state index contributed by atoms with van der Waals surface area (Å²) in [5, 5.41) is 6.63. The fraction of sp³-hybridized carbons (Fsp3) is 0.652. The summed E-state index contributed by atoms with van der Waals surface area (Å²) in [6.07, 6.45) is 2.22. The molecule has 0 radical (unpaired) electrons. The molecule has 8 heteroatoms. The van der Waals surface area contributed by atoms with Crippen molar-refractivity contribution in [2.24, 2.45) is 4.99 Å². The second kappa shape index (κ2) is 15.4. The lowest BCUT2D eigenvalue weighted by molar-refractivity contribution is -0.0586. The molecule has 0 aromatic heterocycles. The van der Waals surface area contributed by atoms with E-state index in [1.54, 1.807) is 0 Å². The Balaban J connectivity index is 0.00000480. The summed E-state index contributed by atoms with van der Waals surface area (Å²) in [5.41, 5.74) is 1.78. The zero-order valence-electron chi connectivity index (χ0n) is 19.4. The Kier molecular flexibility index (Phi) is 13.7. The highest BCUT2D eigenvalue weighted by atomic mass is 127. The van der Waals surface area contributed by atoms with E-state index in [0.717, 1.165) is 50.7 Å². The van der Waals surface area contributed by atoms with Gasteiger partial charge in [0.1, 0.15) is 0 Å². The third kappa shape index (κ3) is 10.2. The van der Waals surface area contributed by atoms with Gasteiger partial charge in [-0.25, -0.2) is 4.99 Å². The molecule has 2 rings (SSSR count). The molecule has 1 saturated heterocycles. The van der Waals surface area contributed by atoms with E-state index in [4.69, 9.17) is 9.47 Å². The van der Waals surface area contributed by atoms with Gasteiger partial charge in [0.15, 0.2) is 5.96 Å². The number of aliphatic imine (C=N–C) groups is 1. The molecule has 1 aromatic carbocycles. The van der Waals surface area contributed by atoms with Crippen LogP contribution in [0.25, 0.3) is 0 Å². The number of hydrogen-bond acceptors (Lipinski definition) is 4. The van der Waals surface area contributed by atoms with Crippen molar-refractivity contribution in [3.8, 4) is 0 Å². The molecule has 1 aromatic rings. The van der Waals surface area contributed by atoms with E-state index in [1.165, 1.54) is 0 Å². The van der Waals surface area contributed by atoms with Crippen molar-refractivity contribution in [3.63, 3.8) is 0 Å². The van der Waals surface area contributed by atoms with E-state index < -0.39 is 0 Å². The molecule has 1 fully saturated rings. The fourth-order valence-corrected chi connectivity index (χ4v) is 3.47. The summed E-state index contributed by atoms with van der Waals surface area (Å²) in [6, 6.07) is 7.75. The number of nitrogens with one attached hydrogen (secondary N) is 2. The average Bonchev–Trinajstić information content (AvgIpc) is 2.73. The van der Waals surface area contributed by atoms with E-state index in [-0.39, 0.29) is 42.1 Å². The molecule has 7 nitrogen and oxygen atoms in total. The highest BCUT2D eigenvalue weighted by molar-refractivity contribution is 14.0. The number of carbonyl (C=O) groups excluding carboxylic acids is 1. The molecule has 0 saturated carbocycles. The predicted octanol–water partition coefficient (Wildman–Crippen LogP) is 3.43. The Labute approximate surface area is 204 Å². The lowest BCUT2D eigenvalue weighted by Gasteiger charge is -2.35. The average molecular weight is 546 g/mol. The Morgan fingerprint density at radius 2 is 1.81 bits per heavy atom. The van der Waals surface area contributed by atoms with Gasteiger partial charge in [-0.3, -0.25) is 4.79 Å². The minimum atomic E-state index is 0. The van der Waals surface area contributed by atoms with E-state index >= 15 is 0 Å². The van der Waals surface area contributed by atoms with Gasteiger partial charge in [-0.15, -0.1) is 24.0 Å². The first kappa shape index (κ1) is 27.6. The summed E-state index contributed by atoms with van der Waals surface area (Å²) in [6.45, 7) is 13.2. The SMILES string of the molecule is CCNC(=NCc1ccc(C(=O)N2CC(C)OC(C)C2)cc1)NCCCCOCC.I. The number of carbonyl (C=O) groups is 1. The van der Waals surface area contributed by atoms with Gasteiger partial charge in [0.2, 0.25) is 0 Å². The second-order valence-electron chi connectivity index (χ2n) is 7.69. The van der Waals surface area contributed by atoms with Crippen molar-refractivity contribution in [1.29, 1.82) is 0 Å². The first-order valence-electron chi connectivity index (χ1n) is 11.2. The Morgan fingerprint density at radius 3 is 2.42 bits per heavy atom. The minimum absolute atomic E-state index is 0. The normalized spacial score (nSPS) is 19.0. The van der Waals surface area contributed by atoms with E-state index in [9.17, 15) is 4.79 Å². The third-order valence-electron chi connectivity index (χ3n) is 4.88. The minimum Gasteiger partial charge on any atom is -0.382 e. The largest absolute Gasteiger partial charge is 0.382 e. The van der Waals surface area contributed by atoms with Crippen molar-refractivity contribution in [2.75, 3.05) is 39.4 Å². The number of benzene rings is 1. The van der Waals surface area contributed by atoms with E-state index in [0.29, 0.717) is 25.2 Å². The zero-order chi connectivity index (χ0) is 21.8. The monoisotopic (exact) mass is 546 g/mol. The summed E-state index contributed by atoms with van der Waals surface area (Å²) >= 11 is 0. The van der Waals surface area contributed by atoms with E-state index in [2.05, 4.69) is 22.5 Å². The molecular weight excluding hydrogens is 507 g/mol. The second-order valence-corrected chi connectivity index (χ2v) is 7.69. The molecule has 2 N–H and O–H groups in total. The van der Waals surface area contributed by atoms with Gasteiger partial charge in [0.25, 0.3) is 5.91 Å². The highest BCUT2D eigenvalue weighted by Crippen LogP contribution is 2.15. The number of hydrogen-bond donors (Lipinski definition) is 2. The lowest BCUT2D eigenvalue weighted by atomic mass is 10.1. The molecular formula is C23H39IN4O3. The van der Waals surface area contributed by atoms with Crippen LogP contribution in [-0.4, -0.2) is 68.4 Å². The van der Waals surface area contributed by atoms with Crippen molar-refractivity contribution in [2.45, 2.75) is 59.3 Å². The number of nitrogens with zero attached hydrogens (tertiary/aromatic N) is 2. The molecule has 0 bridgehead atoms. The van der Waals surface area contributed by atoms with Crippen LogP contribution in [0, 0.1) is 0 Å². The number of unbranched alkanes of at least 4 members (excludes halogenated alkanes) is 1. The van der Waals surface area contributed by atoms with Crippen LogP contribution in [0.4, 0.5) is 0 Å². The number of amides is 1. The van der Waals surface area contributed by atoms with Crippen molar-refractivity contribution in [1.82, 2.24) is 15.5 Å². The molecule has 1 amide bonds. The summed E-state index contributed by atoms with van der Waals surface area (Å²) in [7, 11) is 0. The first-order valence-corrected chi connectivity index (χ1v) is 11.2. The van der Waals surface area contributed by atoms with Crippen LogP contribution in [-0.2, 0) is 16.0 Å². The fourth-order valence-electron chi connectivity index (χ4n) is 3.47. The van der Waals surface area contributed by atoms with E-state index in [1.807, 2.05) is 49.9 Å². The van der Waals surface area contributed by atoms with Gasteiger partial charge < -0.3 is 25.0 Å². The topological polar surface area (TPSA) is 75.2 Å². The van der Waals surface area contributed by atoms with Crippen molar-refractivity contribution in [3.05, 3.63) is 35.4 Å². The Morgan fingerprint density at radius 1 is 1.13 bits per heavy atom. The smallest absolute Gasteiger partial charge is 0.254 e. The molecule has 0 aliphatic carbocycles. The zero-order valence-corrected chi connectivity index (χ0v) is 21.7. The molecule has 1 aliphatic heterocycles. The maximum absolute atomic E-state index is 12.8. The van der Waals surface area contributed by atoms with Crippen LogP contribution < -0.4 is 10.6 Å². The number of guanidine groups is 1.